The van der Waals surface area contributed by atoms with Crippen molar-refractivity contribution in [1.29, 1.82) is 0 Å². The second-order valence-electron chi connectivity index (χ2n) is 6.91. The highest BCUT2D eigenvalue weighted by Crippen LogP contribution is 2.55. The van der Waals surface area contributed by atoms with Crippen molar-refractivity contribution in [3.05, 3.63) is 22.2 Å². The van der Waals surface area contributed by atoms with Crippen molar-refractivity contribution in [2.45, 2.75) is 37.8 Å². The first-order valence-corrected chi connectivity index (χ1v) is 8.30. The number of nitrogens with zero attached hydrogens (tertiary/aromatic N) is 2. The highest BCUT2D eigenvalue weighted by molar-refractivity contribution is 9.10. The fourth-order valence-corrected chi connectivity index (χ4v) is 5.03. The van der Waals surface area contributed by atoms with Gasteiger partial charge in [0.15, 0.2) is 0 Å². The van der Waals surface area contributed by atoms with E-state index in [-0.39, 0.29) is 5.41 Å². The van der Waals surface area contributed by atoms with Gasteiger partial charge in [-0.05, 0) is 58.8 Å². The zero-order valence-corrected chi connectivity index (χ0v) is 13.7. The van der Waals surface area contributed by atoms with E-state index in [4.69, 9.17) is 0 Å². The molecule has 1 aromatic rings. The number of hydrogen-bond donors (Lipinski definition) is 1. The maximum atomic E-state index is 9.96. The SMILES string of the molecule is CN1c2c(Br)cc(O)cc2[C@]2(C)CCN(CC3CC3)[C@H]12. The molecule has 1 saturated heterocycles. The number of aromatic hydroxyl groups is 1. The number of phenols is 1. The number of likely N-dealkylation sites (tertiary alicyclic amines) is 1. The molecule has 2 heterocycles. The summed E-state index contributed by atoms with van der Waals surface area (Å²) in [5, 5.41) is 9.96. The van der Waals surface area contributed by atoms with Crippen LogP contribution in [0.5, 0.6) is 5.75 Å². The second-order valence-corrected chi connectivity index (χ2v) is 7.77. The molecule has 4 rings (SSSR count). The molecule has 20 heavy (non-hydrogen) atoms. The number of likely N-dealkylation sites (N-methyl/N-ethyl adjacent to an activating group) is 1. The number of hydrogen-bond acceptors (Lipinski definition) is 3. The van der Waals surface area contributed by atoms with Gasteiger partial charge in [0, 0.05) is 30.0 Å². The predicted molar refractivity (Wildman–Crippen MR) is 84.3 cm³/mol. The number of phenolic OH excluding ortho intramolecular Hbond substituents is 1. The molecular formula is C16H21BrN2O. The molecule has 0 amide bonds. The van der Waals surface area contributed by atoms with Gasteiger partial charge in [-0.25, -0.2) is 0 Å². The first kappa shape index (κ1) is 13.0. The van der Waals surface area contributed by atoms with E-state index in [0.29, 0.717) is 11.9 Å². The van der Waals surface area contributed by atoms with Crippen LogP contribution in [0.15, 0.2) is 16.6 Å². The van der Waals surface area contributed by atoms with Crippen molar-refractivity contribution >= 4 is 21.6 Å². The van der Waals surface area contributed by atoms with Crippen LogP contribution in [0.25, 0.3) is 0 Å². The van der Waals surface area contributed by atoms with Crippen LogP contribution in [0.1, 0.15) is 31.7 Å². The standard InChI is InChI=1S/C16H21BrN2O/c1-16-5-6-19(9-10-3-4-10)15(16)18(2)14-12(16)7-11(20)8-13(14)17/h7-8,10,15,20H,3-6,9H2,1-2H3/t15-,16-/m0/s1. The summed E-state index contributed by atoms with van der Waals surface area (Å²) in [6, 6.07) is 3.78. The van der Waals surface area contributed by atoms with Crippen molar-refractivity contribution in [3.8, 4) is 5.75 Å². The lowest BCUT2D eigenvalue weighted by atomic mass is 9.81. The molecule has 0 spiro atoms. The van der Waals surface area contributed by atoms with Crippen LogP contribution in [-0.4, -0.2) is 36.3 Å². The van der Waals surface area contributed by atoms with E-state index in [1.807, 2.05) is 12.1 Å². The average molecular weight is 337 g/mol. The quantitative estimate of drug-likeness (QED) is 0.897. The minimum Gasteiger partial charge on any atom is -0.508 e. The van der Waals surface area contributed by atoms with E-state index < -0.39 is 0 Å². The summed E-state index contributed by atoms with van der Waals surface area (Å²) < 4.78 is 1.01. The molecule has 2 fully saturated rings. The van der Waals surface area contributed by atoms with E-state index in [2.05, 4.69) is 39.7 Å². The molecule has 1 N–H and O–H groups in total. The largest absolute Gasteiger partial charge is 0.508 e. The van der Waals surface area contributed by atoms with Gasteiger partial charge in [-0.2, -0.15) is 0 Å². The molecule has 3 aliphatic rings. The molecule has 0 unspecified atom stereocenters. The fourth-order valence-electron chi connectivity index (χ4n) is 4.30. The molecule has 0 bridgehead atoms. The third kappa shape index (κ3) is 1.67. The monoisotopic (exact) mass is 336 g/mol. The third-order valence-electron chi connectivity index (χ3n) is 5.41. The molecule has 1 saturated carbocycles. The van der Waals surface area contributed by atoms with Crippen LogP contribution >= 0.6 is 15.9 Å². The molecule has 1 aliphatic carbocycles. The minimum absolute atomic E-state index is 0.139. The van der Waals surface area contributed by atoms with Gasteiger partial charge in [-0.1, -0.05) is 6.92 Å². The molecule has 0 radical (unpaired) electrons. The van der Waals surface area contributed by atoms with E-state index in [1.54, 1.807) is 0 Å². The fraction of sp³-hybridized carbons (Fsp3) is 0.625. The number of fused-ring (bicyclic) bond motifs is 3. The molecule has 0 aromatic heterocycles. The molecule has 108 valence electrons. The van der Waals surface area contributed by atoms with Crippen molar-refractivity contribution in [1.82, 2.24) is 4.90 Å². The van der Waals surface area contributed by atoms with Gasteiger partial charge in [0.05, 0.1) is 11.9 Å². The lowest BCUT2D eigenvalue weighted by molar-refractivity contribution is 0.215. The van der Waals surface area contributed by atoms with Gasteiger partial charge in [0.25, 0.3) is 0 Å². The Balaban J connectivity index is 1.78. The zero-order chi connectivity index (χ0) is 14.1. The smallest absolute Gasteiger partial charge is 0.117 e. The summed E-state index contributed by atoms with van der Waals surface area (Å²) >= 11 is 3.63. The Hall–Kier alpha value is -0.740. The normalized spacial score (nSPS) is 32.5. The van der Waals surface area contributed by atoms with Crippen molar-refractivity contribution in [2.75, 3.05) is 25.0 Å². The van der Waals surface area contributed by atoms with Gasteiger partial charge in [-0.3, -0.25) is 4.90 Å². The van der Waals surface area contributed by atoms with Crippen LogP contribution in [0.4, 0.5) is 5.69 Å². The van der Waals surface area contributed by atoms with Crippen LogP contribution in [-0.2, 0) is 5.41 Å². The molecular weight excluding hydrogens is 316 g/mol. The van der Waals surface area contributed by atoms with Crippen molar-refractivity contribution in [3.63, 3.8) is 0 Å². The van der Waals surface area contributed by atoms with E-state index in [1.165, 1.54) is 43.6 Å². The maximum absolute atomic E-state index is 9.96. The first-order valence-electron chi connectivity index (χ1n) is 7.50. The molecule has 3 nitrogen and oxygen atoms in total. The van der Waals surface area contributed by atoms with Crippen LogP contribution in [0, 0.1) is 5.92 Å². The van der Waals surface area contributed by atoms with E-state index in [0.717, 1.165) is 10.4 Å². The van der Waals surface area contributed by atoms with Gasteiger partial charge in [-0.15, -0.1) is 0 Å². The lowest BCUT2D eigenvalue weighted by Crippen LogP contribution is -2.47. The molecule has 2 atom stereocenters. The first-order chi connectivity index (χ1) is 9.50. The van der Waals surface area contributed by atoms with Gasteiger partial charge >= 0.3 is 0 Å². The Bertz CT molecular complexity index is 572. The summed E-state index contributed by atoms with van der Waals surface area (Å²) in [6.45, 7) is 4.77. The predicted octanol–water partition coefficient (Wildman–Crippen LogP) is 3.30. The summed E-state index contributed by atoms with van der Waals surface area (Å²) in [5.41, 5.74) is 2.70. The molecule has 1 aromatic carbocycles. The highest BCUT2D eigenvalue weighted by atomic mass is 79.9. The van der Waals surface area contributed by atoms with Gasteiger partial charge in [0.1, 0.15) is 5.75 Å². The Morgan fingerprint density at radius 1 is 1.40 bits per heavy atom. The summed E-state index contributed by atoms with van der Waals surface area (Å²) in [5.74, 6) is 1.29. The number of halogens is 1. The van der Waals surface area contributed by atoms with Gasteiger partial charge in [0.2, 0.25) is 0 Å². The third-order valence-corrected chi connectivity index (χ3v) is 6.01. The highest BCUT2D eigenvalue weighted by Gasteiger charge is 2.54. The van der Waals surface area contributed by atoms with Gasteiger partial charge < -0.3 is 10.0 Å². The zero-order valence-electron chi connectivity index (χ0n) is 12.1. The number of anilines is 1. The number of benzene rings is 1. The molecule has 4 heteroatoms. The van der Waals surface area contributed by atoms with Crippen LogP contribution < -0.4 is 4.90 Å². The summed E-state index contributed by atoms with van der Waals surface area (Å²) in [7, 11) is 2.20. The Morgan fingerprint density at radius 2 is 2.15 bits per heavy atom. The Kier molecular flexibility index (Phi) is 2.68. The summed E-state index contributed by atoms with van der Waals surface area (Å²) in [4.78, 5) is 5.06. The average Bonchev–Trinajstić information content (AvgIpc) is 3.07. The minimum atomic E-state index is 0.139. The Morgan fingerprint density at radius 3 is 2.85 bits per heavy atom. The van der Waals surface area contributed by atoms with Crippen molar-refractivity contribution < 1.29 is 5.11 Å². The van der Waals surface area contributed by atoms with Crippen LogP contribution in [0.2, 0.25) is 0 Å². The van der Waals surface area contributed by atoms with Crippen molar-refractivity contribution in [2.24, 2.45) is 5.92 Å². The number of rotatable bonds is 2. The van der Waals surface area contributed by atoms with E-state index >= 15 is 0 Å². The molecule has 2 aliphatic heterocycles. The maximum Gasteiger partial charge on any atom is 0.117 e. The second kappa shape index (κ2) is 4.14. The van der Waals surface area contributed by atoms with Crippen LogP contribution in [0.3, 0.4) is 0 Å². The summed E-state index contributed by atoms with van der Waals surface area (Å²) in [6.07, 6.45) is 4.43. The lowest BCUT2D eigenvalue weighted by Gasteiger charge is -2.35. The topological polar surface area (TPSA) is 26.7 Å². The van der Waals surface area contributed by atoms with E-state index in [9.17, 15) is 5.11 Å². The Labute approximate surface area is 128 Å².